The summed E-state index contributed by atoms with van der Waals surface area (Å²) in [6.45, 7) is 1.50. The molecule has 1 fully saturated rings. The van der Waals surface area contributed by atoms with Gasteiger partial charge in [-0.05, 0) is 54.8 Å². The average molecular weight is 385 g/mol. The van der Waals surface area contributed by atoms with E-state index in [-0.39, 0.29) is 29.9 Å². The highest BCUT2D eigenvalue weighted by atomic mass is 16.5. The van der Waals surface area contributed by atoms with Crippen LogP contribution in [0.5, 0.6) is 11.5 Å². The fraction of sp³-hybridized carbons (Fsp3) is 0.333. The Labute approximate surface area is 163 Å². The molecule has 7 nitrogen and oxygen atoms in total. The molecule has 0 spiro atoms. The third kappa shape index (κ3) is 5.01. The summed E-state index contributed by atoms with van der Waals surface area (Å²) in [5.74, 6) is -0.364. The topological polar surface area (TPSA) is 94.1 Å². The molecule has 148 valence electrons. The number of methoxy groups -OCH3 is 1. The van der Waals surface area contributed by atoms with E-state index in [0.717, 1.165) is 19.4 Å². The van der Waals surface area contributed by atoms with Crippen LogP contribution < -0.4 is 14.8 Å². The number of hydrogen-bond donors (Lipinski definition) is 2. The highest BCUT2D eigenvalue weighted by Crippen LogP contribution is 2.20. The Morgan fingerprint density at radius 2 is 2.00 bits per heavy atom. The summed E-state index contributed by atoms with van der Waals surface area (Å²) in [5, 5.41) is 12.0. The molecule has 2 N–H and O–H groups in total. The Morgan fingerprint density at radius 3 is 2.64 bits per heavy atom. The van der Waals surface area contributed by atoms with Crippen molar-refractivity contribution >= 4 is 11.9 Å². The predicted octanol–water partition coefficient (Wildman–Crippen LogP) is 2.88. The molecule has 0 bridgehead atoms. The minimum atomic E-state index is -1.08. The zero-order valence-corrected chi connectivity index (χ0v) is 15.6. The molecule has 0 radical (unpaired) electrons. The number of ether oxygens (including phenoxy) is 3. The van der Waals surface area contributed by atoms with E-state index in [0.29, 0.717) is 23.5 Å². The van der Waals surface area contributed by atoms with Crippen LogP contribution in [0.3, 0.4) is 0 Å². The number of aromatic carboxylic acids is 1. The molecule has 28 heavy (non-hydrogen) atoms. The molecule has 1 aliphatic rings. The average Bonchev–Trinajstić information content (AvgIpc) is 3.24. The Bertz CT molecular complexity index is 827. The number of rotatable bonds is 8. The standard InChI is InChI=1S/C21H23NO6/c1-26-19-9-4-14(11-18(19)21(24)25)12-22-20(23)15-5-7-16(8-6-15)28-13-17-3-2-10-27-17/h4-9,11,17H,2-3,10,12-13H2,1H3,(H,22,23)(H,24,25). The van der Waals surface area contributed by atoms with E-state index in [1.165, 1.54) is 13.2 Å². The second kappa shape index (κ2) is 9.23. The van der Waals surface area contributed by atoms with Crippen molar-refractivity contribution in [1.29, 1.82) is 0 Å². The van der Waals surface area contributed by atoms with Gasteiger partial charge >= 0.3 is 5.97 Å². The van der Waals surface area contributed by atoms with Crippen molar-refractivity contribution in [2.24, 2.45) is 0 Å². The van der Waals surface area contributed by atoms with Crippen molar-refractivity contribution in [3.63, 3.8) is 0 Å². The van der Waals surface area contributed by atoms with Crippen LogP contribution in [-0.4, -0.2) is 43.4 Å². The molecule has 1 atom stereocenters. The van der Waals surface area contributed by atoms with Crippen molar-refractivity contribution in [3.8, 4) is 11.5 Å². The maximum absolute atomic E-state index is 12.3. The Kier molecular flexibility index (Phi) is 6.49. The van der Waals surface area contributed by atoms with Gasteiger partial charge in [-0.15, -0.1) is 0 Å². The minimum absolute atomic E-state index is 0.0574. The van der Waals surface area contributed by atoms with Gasteiger partial charge in [0, 0.05) is 18.7 Å². The molecule has 2 aromatic carbocycles. The fourth-order valence-electron chi connectivity index (χ4n) is 2.98. The molecule has 0 aromatic heterocycles. The van der Waals surface area contributed by atoms with Gasteiger partial charge in [0.1, 0.15) is 23.7 Å². The van der Waals surface area contributed by atoms with Crippen LogP contribution in [0, 0.1) is 0 Å². The van der Waals surface area contributed by atoms with Gasteiger partial charge in [0.15, 0.2) is 0 Å². The molecular formula is C21H23NO6. The maximum atomic E-state index is 12.3. The summed E-state index contributed by atoms with van der Waals surface area (Å²) in [7, 11) is 1.41. The summed E-state index contributed by atoms with van der Waals surface area (Å²) < 4.78 is 16.2. The number of carbonyl (C=O) groups is 2. The van der Waals surface area contributed by atoms with Crippen molar-refractivity contribution in [1.82, 2.24) is 5.32 Å². The van der Waals surface area contributed by atoms with Crippen LogP contribution in [0.15, 0.2) is 42.5 Å². The summed E-state index contributed by atoms with van der Waals surface area (Å²) in [6, 6.07) is 11.7. The van der Waals surface area contributed by atoms with E-state index >= 15 is 0 Å². The summed E-state index contributed by atoms with van der Waals surface area (Å²) in [5.41, 5.74) is 1.22. The van der Waals surface area contributed by atoms with Gasteiger partial charge in [-0.25, -0.2) is 4.79 Å². The molecule has 3 rings (SSSR count). The molecule has 1 amide bonds. The number of carbonyl (C=O) groups excluding carboxylic acids is 1. The molecule has 1 heterocycles. The van der Waals surface area contributed by atoms with Crippen LogP contribution in [0.1, 0.15) is 39.1 Å². The van der Waals surface area contributed by atoms with Gasteiger partial charge in [-0.3, -0.25) is 4.79 Å². The lowest BCUT2D eigenvalue weighted by Gasteiger charge is -2.12. The second-order valence-corrected chi connectivity index (χ2v) is 6.49. The third-order valence-corrected chi connectivity index (χ3v) is 4.52. The molecule has 1 aliphatic heterocycles. The van der Waals surface area contributed by atoms with Crippen molar-refractivity contribution < 1.29 is 28.9 Å². The maximum Gasteiger partial charge on any atom is 0.339 e. The van der Waals surface area contributed by atoms with Crippen LogP contribution >= 0.6 is 0 Å². The lowest BCUT2D eigenvalue weighted by molar-refractivity contribution is 0.0679. The number of amides is 1. The first-order valence-corrected chi connectivity index (χ1v) is 9.09. The number of benzene rings is 2. The molecule has 1 unspecified atom stereocenters. The van der Waals surface area contributed by atoms with Gasteiger partial charge in [0.25, 0.3) is 5.91 Å². The summed E-state index contributed by atoms with van der Waals surface area (Å²) >= 11 is 0. The first-order valence-electron chi connectivity index (χ1n) is 9.09. The highest BCUT2D eigenvalue weighted by Gasteiger charge is 2.16. The van der Waals surface area contributed by atoms with Crippen molar-refractivity contribution in [2.75, 3.05) is 20.3 Å². The molecule has 2 aromatic rings. The van der Waals surface area contributed by atoms with Crippen molar-refractivity contribution in [2.45, 2.75) is 25.5 Å². The van der Waals surface area contributed by atoms with E-state index in [4.69, 9.17) is 14.2 Å². The predicted molar refractivity (Wildman–Crippen MR) is 102 cm³/mol. The van der Waals surface area contributed by atoms with Crippen molar-refractivity contribution in [3.05, 3.63) is 59.2 Å². The highest BCUT2D eigenvalue weighted by molar-refractivity contribution is 5.94. The van der Waals surface area contributed by atoms with E-state index in [1.54, 1.807) is 36.4 Å². The number of hydrogen-bond acceptors (Lipinski definition) is 5. The lowest BCUT2D eigenvalue weighted by Crippen LogP contribution is -2.23. The SMILES string of the molecule is COc1ccc(CNC(=O)c2ccc(OCC3CCCO3)cc2)cc1C(=O)O. The molecule has 1 saturated heterocycles. The van der Waals surface area contributed by atoms with Crippen LogP contribution in [0.2, 0.25) is 0 Å². The van der Waals surface area contributed by atoms with Gasteiger partial charge in [-0.1, -0.05) is 6.07 Å². The van der Waals surface area contributed by atoms with Crippen LogP contribution in [0.4, 0.5) is 0 Å². The monoisotopic (exact) mass is 385 g/mol. The van der Waals surface area contributed by atoms with Gasteiger partial charge in [-0.2, -0.15) is 0 Å². The molecule has 0 saturated carbocycles. The minimum Gasteiger partial charge on any atom is -0.496 e. The summed E-state index contributed by atoms with van der Waals surface area (Å²) in [4.78, 5) is 23.6. The third-order valence-electron chi connectivity index (χ3n) is 4.52. The molecule has 7 heteroatoms. The quantitative estimate of drug-likeness (QED) is 0.726. The zero-order chi connectivity index (χ0) is 19.9. The normalized spacial score (nSPS) is 15.8. The van der Waals surface area contributed by atoms with Gasteiger partial charge in [0.05, 0.1) is 13.2 Å². The number of nitrogens with one attached hydrogen (secondary N) is 1. The van der Waals surface area contributed by atoms with Crippen LogP contribution in [0.25, 0.3) is 0 Å². The fourth-order valence-corrected chi connectivity index (χ4v) is 2.98. The Morgan fingerprint density at radius 1 is 1.21 bits per heavy atom. The Balaban J connectivity index is 1.54. The van der Waals surface area contributed by atoms with E-state index in [2.05, 4.69) is 5.32 Å². The number of carboxylic acid groups (broad SMARTS) is 1. The molecule has 0 aliphatic carbocycles. The largest absolute Gasteiger partial charge is 0.496 e. The van der Waals surface area contributed by atoms with Crippen LogP contribution in [-0.2, 0) is 11.3 Å². The van der Waals surface area contributed by atoms with E-state index in [9.17, 15) is 14.7 Å². The first-order chi connectivity index (χ1) is 13.6. The lowest BCUT2D eigenvalue weighted by atomic mass is 10.1. The number of carboxylic acids is 1. The second-order valence-electron chi connectivity index (χ2n) is 6.49. The smallest absolute Gasteiger partial charge is 0.339 e. The Hall–Kier alpha value is -3.06. The first kappa shape index (κ1) is 19.7. The van der Waals surface area contributed by atoms with E-state index < -0.39 is 5.97 Å². The van der Waals surface area contributed by atoms with Gasteiger partial charge < -0.3 is 24.6 Å². The zero-order valence-electron chi connectivity index (χ0n) is 15.6. The van der Waals surface area contributed by atoms with E-state index in [1.807, 2.05) is 0 Å². The van der Waals surface area contributed by atoms with Gasteiger partial charge in [0.2, 0.25) is 0 Å². The summed E-state index contributed by atoms with van der Waals surface area (Å²) in [6.07, 6.45) is 2.22. The molecular weight excluding hydrogens is 362 g/mol.